The molecule has 0 bridgehead atoms. The topological polar surface area (TPSA) is 63.6 Å². The lowest BCUT2D eigenvalue weighted by Crippen LogP contribution is -2.66. The summed E-state index contributed by atoms with van der Waals surface area (Å²) in [5.41, 5.74) is 1.81. The Bertz CT molecular complexity index is 996. The number of carboxylic acids is 1. The third-order valence-corrected chi connectivity index (χ3v) is 13.4. The molecule has 0 aliphatic heterocycles. The molecule has 9 atom stereocenters. The van der Waals surface area contributed by atoms with Crippen molar-refractivity contribution >= 4 is 11.9 Å². The van der Waals surface area contributed by atoms with Crippen molar-refractivity contribution in [3.8, 4) is 0 Å². The van der Waals surface area contributed by atoms with Gasteiger partial charge in [-0.25, -0.2) is 0 Å². The van der Waals surface area contributed by atoms with Crippen LogP contribution in [0.5, 0.6) is 0 Å². The summed E-state index contributed by atoms with van der Waals surface area (Å²) in [7, 11) is 0. The molecule has 0 amide bonds. The van der Waals surface area contributed by atoms with Gasteiger partial charge in [0.25, 0.3) is 0 Å². The summed E-state index contributed by atoms with van der Waals surface area (Å²) in [6.07, 6.45) is 13.3. The Morgan fingerprint density at radius 3 is 2.19 bits per heavy atom. The number of hydrogen-bond acceptors (Lipinski definition) is 3. The summed E-state index contributed by atoms with van der Waals surface area (Å²) in [4.78, 5) is 24.8. The quantitative estimate of drug-likeness (QED) is 0.311. The predicted molar refractivity (Wildman–Crippen MR) is 142 cm³/mol. The molecule has 0 aromatic rings. The van der Waals surface area contributed by atoms with Gasteiger partial charge in [-0.15, -0.1) is 0 Å². The number of esters is 1. The number of hydrogen-bond donors (Lipinski definition) is 1. The normalized spacial score (nSPS) is 51.5. The molecule has 202 valence electrons. The smallest absolute Gasteiger partial charge is 0.313 e. The lowest BCUT2D eigenvalue weighted by molar-refractivity contribution is -0.222. The standard InChI is InChI=1S/C32H50O4/c1-20(33)36-25-12-13-29(5)23-10-9-21-22-19-27(2,3)15-16-28(22,4)17-18-30(21,6)31(23,7)14-11-24(29)32(25,8)26(34)35/h9,22-25H,10-19H2,1-8H3,(H,34,35)/t22-,23-,24-,25-,28+,29+,30-,31+,32+/m0/s1. The van der Waals surface area contributed by atoms with Gasteiger partial charge in [0.05, 0.1) is 0 Å². The number of rotatable bonds is 2. The van der Waals surface area contributed by atoms with Crippen LogP contribution in [0.3, 0.4) is 0 Å². The first-order chi connectivity index (χ1) is 16.5. The van der Waals surface area contributed by atoms with Crippen molar-refractivity contribution in [1.82, 2.24) is 0 Å². The van der Waals surface area contributed by atoms with Gasteiger partial charge in [0, 0.05) is 6.92 Å². The van der Waals surface area contributed by atoms with Gasteiger partial charge in [0.2, 0.25) is 0 Å². The Morgan fingerprint density at radius 1 is 0.889 bits per heavy atom. The van der Waals surface area contributed by atoms with Crippen LogP contribution in [-0.4, -0.2) is 23.1 Å². The Hall–Kier alpha value is -1.32. The van der Waals surface area contributed by atoms with Crippen molar-refractivity contribution in [2.75, 3.05) is 0 Å². The Balaban J connectivity index is 1.56. The molecule has 4 heteroatoms. The van der Waals surface area contributed by atoms with E-state index < -0.39 is 17.5 Å². The Labute approximate surface area is 219 Å². The molecule has 0 aromatic heterocycles. The zero-order chi connectivity index (χ0) is 26.5. The highest BCUT2D eigenvalue weighted by Gasteiger charge is 2.70. The lowest BCUT2D eigenvalue weighted by atomic mass is 9.33. The molecule has 0 radical (unpaired) electrons. The first-order valence-electron chi connectivity index (χ1n) is 14.6. The third-order valence-electron chi connectivity index (χ3n) is 13.4. The zero-order valence-corrected chi connectivity index (χ0v) is 24.1. The largest absolute Gasteiger partial charge is 0.481 e. The van der Waals surface area contributed by atoms with E-state index in [4.69, 9.17) is 4.74 Å². The van der Waals surface area contributed by atoms with Crippen LogP contribution in [0.1, 0.15) is 120 Å². The molecule has 36 heavy (non-hydrogen) atoms. The SMILES string of the molecule is CC(=O)O[C@H]1CC[C@@]2(C)[C@H](CC[C@]3(C)[C@H]2CC=C2[C@@H]4CC(C)(C)CC[C@]4(C)CC[C@@]23C)[C@@]1(C)C(=O)O. The molecular weight excluding hydrogens is 448 g/mol. The Morgan fingerprint density at radius 2 is 1.56 bits per heavy atom. The summed E-state index contributed by atoms with van der Waals surface area (Å²) in [6, 6.07) is 0. The fraction of sp³-hybridized carbons (Fsp3) is 0.875. The van der Waals surface area contributed by atoms with Crippen molar-refractivity contribution in [3.63, 3.8) is 0 Å². The van der Waals surface area contributed by atoms with E-state index in [1.165, 1.54) is 39.0 Å². The van der Waals surface area contributed by atoms with Crippen LogP contribution in [0.4, 0.5) is 0 Å². The Kier molecular flexibility index (Phi) is 5.74. The number of allylic oxidation sites excluding steroid dienone is 2. The van der Waals surface area contributed by atoms with E-state index in [0.717, 1.165) is 25.7 Å². The second-order valence-electron chi connectivity index (χ2n) is 15.6. The summed E-state index contributed by atoms with van der Waals surface area (Å²) in [5.74, 6) is -0.0260. The summed E-state index contributed by atoms with van der Waals surface area (Å²) in [6.45, 7) is 18.3. The summed E-state index contributed by atoms with van der Waals surface area (Å²) < 4.78 is 5.69. The lowest BCUT2D eigenvalue weighted by Gasteiger charge is -2.71. The summed E-state index contributed by atoms with van der Waals surface area (Å²) >= 11 is 0. The minimum Gasteiger partial charge on any atom is -0.481 e. The molecule has 5 aliphatic carbocycles. The van der Waals surface area contributed by atoms with E-state index in [9.17, 15) is 14.7 Å². The molecule has 0 heterocycles. The van der Waals surface area contributed by atoms with Gasteiger partial charge in [-0.2, -0.15) is 0 Å². The van der Waals surface area contributed by atoms with E-state index in [2.05, 4.69) is 47.6 Å². The average molecular weight is 499 g/mol. The second-order valence-corrected chi connectivity index (χ2v) is 15.6. The number of carbonyl (C=O) groups is 2. The number of fused-ring (bicyclic) bond motifs is 7. The van der Waals surface area contributed by atoms with Crippen molar-refractivity contribution in [1.29, 1.82) is 0 Å². The second kappa shape index (κ2) is 7.85. The van der Waals surface area contributed by atoms with Crippen LogP contribution < -0.4 is 0 Å². The van der Waals surface area contributed by atoms with Gasteiger partial charge >= 0.3 is 11.9 Å². The minimum absolute atomic E-state index is 0.0136. The monoisotopic (exact) mass is 498 g/mol. The molecule has 0 spiro atoms. The number of aliphatic carboxylic acids is 1. The maximum atomic E-state index is 12.8. The van der Waals surface area contributed by atoms with Crippen LogP contribution in [0.25, 0.3) is 0 Å². The molecule has 5 aliphatic rings. The van der Waals surface area contributed by atoms with Crippen molar-refractivity contribution < 1.29 is 19.4 Å². The van der Waals surface area contributed by atoms with E-state index in [0.29, 0.717) is 29.1 Å². The molecule has 5 rings (SSSR count). The third kappa shape index (κ3) is 3.30. The highest BCUT2D eigenvalue weighted by atomic mass is 16.5. The number of ether oxygens (including phenoxy) is 1. The van der Waals surface area contributed by atoms with E-state index in [-0.39, 0.29) is 28.1 Å². The average Bonchev–Trinajstić information content (AvgIpc) is 2.77. The van der Waals surface area contributed by atoms with Crippen LogP contribution in [0.2, 0.25) is 0 Å². The van der Waals surface area contributed by atoms with Gasteiger partial charge < -0.3 is 9.84 Å². The molecule has 0 unspecified atom stereocenters. The number of carboxylic acid groups (broad SMARTS) is 1. The molecule has 4 saturated carbocycles. The van der Waals surface area contributed by atoms with E-state index in [1.54, 1.807) is 5.57 Å². The fourth-order valence-electron chi connectivity index (χ4n) is 10.9. The minimum atomic E-state index is -1.04. The van der Waals surface area contributed by atoms with Crippen molar-refractivity contribution in [2.45, 2.75) is 126 Å². The van der Waals surface area contributed by atoms with Crippen LogP contribution >= 0.6 is 0 Å². The van der Waals surface area contributed by atoms with Crippen LogP contribution in [0, 0.1) is 50.2 Å². The first-order valence-corrected chi connectivity index (χ1v) is 14.6. The molecule has 4 fully saturated rings. The fourth-order valence-corrected chi connectivity index (χ4v) is 10.9. The van der Waals surface area contributed by atoms with Gasteiger partial charge in [0.15, 0.2) is 0 Å². The van der Waals surface area contributed by atoms with Crippen molar-refractivity contribution in [2.24, 2.45) is 50.2 Å². The van der Waals surface area contributed by atoms with Gasteiger partial charge in [-0.1, -0.05) is 53.2 Å². The molecule has 1 N–H and O–H groups in total. The van der Waals surface area contributed by atoms with Gasteiger partial charge in [0.1, 0.15) is 11.5 Å². The maximum absolute atomic E-state index is 12.8. The van der Waals surface area contributed by atoms with Gasteiger partial charge in [-0.3, -0.25) is 9.59 Å². The highest BCUT2D eigenvalue weighted by molar-refractivity contribution is 5.77. The van der Waals surface area contributed by atoms with E-state index in [1.807, 2.05) is 6.92 Å². The highest BCUT2D eigenvalue weighted by Crippen LogP contribution is 2.75. The first kappa shape index (κ1) is 26.3. The maximum Gasteiger partial charge on any atom is 0.313 e. The predicted octanol–water partition coefficient (Wildman–Crippen LogP) is 7.80. The van der Waals surface area contributed by atoms with Gasteiger partial charge in [-0.05, 0) is 116 Å². The zero-order valence-electron chi connectivity index (χ0n) is 24.1. The number of carbonyl (C=O) groups excluding carboxylic acids is 1. The van der Waals surface area contributed by atoms with Crippen LogP contribution in [0.15, 0.2) is 11.6 Å². The molecule has 0 aromatic carbocycles. The molecule has 4 nitrogen and oxygen atoms in total. The molecular formula is C32H50O4. The summed E-state index contributed by atoms with van der Waals surface area (Å²) in [5, 5.41) is 10.5. The molecule has 0 saturated heterocycles. The van der Waals surface area contributed by atoms with Crippen molar-refractivity contribution in [3.05, 3.63) is 11.6 Å². The van der Waals surface area contributed by atoms with Crippen LogP contribution in [-0.2, 0) is 14.3 Å². The van der Waals surface area contributed by atoms with E-state index >= 15 is 0 Å².